The van der Waals surface area contributed by atoms with E-state index in [1.165, 1.54) is 18.5 Å². The number of hydrogen-bond acceptors (Lipinski definition) is 8. The van der Waals surface area contributed by atoms with Gasteiger partial charge in [-0.3, -0.25) is 4.79 Å². The van der Waals surface area contributed by atoms with E-state index in [1.807, 2.05) is 18.7 Å². The fraction of sp³-hybridized carbons (Fsp3) is 0.450. The molecule has 30 heavy (non-hydrogen) atoms. The Labute approximate surface area is 175 Å². The molecule has 0 saturated carbocycles. The van der Waals surface area contributed by atoms with Crippen LogP contribution in [-0.2, 0) is 4.74 Å². The number of ether oxygens (including phenoxy) is 1. The third-order valence-corrected chi connectivity index (χ3v) is 5.04. The highest BCUT2D eigenvalue weighted by Gasteiger charge is 2.25. The first-order chi connectivity index (χ1) is 14.4. The van der Waals surface area contributed by atoms with E-state index >= 15 is 4.39 Å². The highest BCUT2D eigenvalue weighted by atomic mass is 19.1. The lowest BCUT2D eigenvalue weighted by Crippen LogP contribution is -2.40. The number of aromatic nitrogens is 2. The minimum absolute atomic E-state index is 0.0789. The van der Waals surface area contributed by atoms with Crippen LogP contribution in [0.1, 0.15) is 30.6 Å². The van der Waals surface area contributed by atoms with Crippen molar-refractivity contribution in [2.45, 2.75) is 32.4 Å². The number of morpholine rings is 1. The second kappa shape index (κ2) is 9.68. The van der Waals surface area contributed by atoms with Crippen LogP contribution in [0.5, 0.6) is 0 Å². The standard InChI is InChI=1S/C20H28FN7O2/c1-3-14(12(2)22)26-17-16(21)15(11-25-20(17)28-7-9-30-10-8-28)27-19-13(18(23)29)5-4-6-24-19/h4-6,11-12,14,26H,3,7-10,22H2,1-2H3,(H2,23,29)(H,24,27)/t12-,14+/m0/s1. The Hall–Kier alpha value is -2.98. The lowest BCUT2D eigenvalue weighted by atomic mass is 10.1. The summed E-state index contributed by atoms with van der Waals surface area (Å²) in [6, 6.07) is 2.77. The van der Waals surface area contributed by atoms with E-state index in [9.17, 15) is 4.79 Å². The molecule has 10 heteroatoms. The van der Waals surface area contributed by atoms with E-state index in [2.05, 4.69) is 20.6 Å². The summed E-state index contributed by atoms with van der Waals surface area (Å²) >= 11 is 0. The SMILES string of the molecule is CC[C@@H](Nc1c(N2CCOCC2)ncc(Nc2ncccc2C(N)=O)c1F)[C@H](C)N. The average molecular weight is 417 g/mol. The van der Waals surface area contributed by atoms with E-state index < -0.39 is 11.7 Å². The van der Waals surface area contributed by atoms with Gasteiger partial charge in [0.15, 0.2) is 11.6 Å². The zero-order valence-electron chi connectivity index (χ0n) is 17.2. The van der Waals surface area contributed by atoms with Gasteiger partial charge in [0, 0.05) is 31.4 Å². The van der Waals surface area contributed by atoms with E-state index in [-0.39, 0.29) is 34.8 Å². The summed E-state index contributed by atoms with van der Waals surface area (Å²) in [4.78, 5) is 22.3. The molecular formula is C20H28FN7O2. The Kier molecular flexibility index (Phi) is 7.01. The van der Waals surface area contributed by atoms with Crippen molar-refractivity contribution in [2.75, 3.05) is 41.8 Å². The number of nitrogens with two attached hydrogens (primary N) is 2. The maximum Gasteiger partial charge on any atom is 0.252 e. The number of carbonyl (C=O) groups is 1. The van der Waals surface area contributed by atoms with Crippen molar-refractivity contribution in [3.8, 4) is 0 Å². The van der Waals surface area contributed by atoms with Crippen LogP contribution in [0.3, 0.4) is 0 Å². The predicted octanol–water partition coefficient (Wildman–Crippen LogP) is 1.83. The third-order valence-electron chi connectivity index (χ3n) is 5.04. The molecule has 1 aliphatic rings. The number of rotatable bonds is 8. The predicted molar refractivity (Wildman–Crippen MR) is 115 cm³/mol. The van der Waals surface area contributed by atoms with Gasteiger partial charge in [-0.05, 0) is 25.5 Å². The molecule has 2 atom stereocenters. The van der Waals surface area contributed by atoms with Gasteiger partial charge in [0.2, 0.25) is 0 Å². The number of halogens is 1. The van der Waals surface area contributed by atoms with Crippen LogP contribution in [-0.4, -0.2) is 54.3 Å². The van der Waals surface area contributed by atoms with Crippen LogP contribution in [0.2, 0.25) is 0 Å². The summed E-state index contributed by atoms with van der Waals surface area (Å²) in [5, 5.41) is 6.08. The molecule has 1 fully saturated rings. The summed E-state index contributed by atoms with van der Waals surface area (Å²) in [6.45, 7) is 6.15. The zero-order chi connectivity index (χ0) is 21.7. The highest BCUT2D eigenvalue weighted by molar-refractivity contribution is 5.98. The number of nitrogens with one attached hydrogen (secondary N) is 2. The number of anilines is 4. The second-order valence-corrected chi connectivity index (χ2v) is 7.19. The Morgan fingerprint density at radius 2 is 2.10 bits per heavy atom. The van der Waals surface area contributed by atoms with Crippen molar-refractivity contribution in [1.82, 2.24) is 9.97 Å². The summed E-state index contributed by atoms with van der Waals surface area (Å²) in [5.41, 5.74) is 12.0. The number of carbonyl (C=O) groups excluding carboxylic acids is 1. The molecule has 1 amide bonds. The summed E-state index contributed by atoms with van der Waals surface area (Å²) < 4.78 is 21.1. The lowest BCUT2D eigenvalue weighted by molar-refractivity contribution is 0.100. The molecule has 162 valence electrons. The fourth-order valence-electron chi connectivity index (χ4n) is 3.33. The topological polar surface area (TPSA) is 131 Å². The van der Waals surface area contributed by atoms with Crippen molar-refractivity contribution < 1.29 is 13.9 Å². The van der Waals surface area contributed by atoms with Gasteiger partial charge in [-0.25, -0.2) is 14.4 Å². The molecule has 1 saturated heterocycles. The molecule has 2 aromatic heterocycles. The molecule has 6 N–H and O–H groups in total. The largest absolute Gasteiger partial charge is 0.378 e. The first-order valence-electron chi connectivity index (χ1n) is 9.97. The smallest absolute Gasteiger partial charge is 0.252 e. The molecular weight excluding hydrogens is 389 g/mol. The van der Waals surface area contributed by atoms with Gasteiger partial charge < -0.3 is 31.7 Å². The fourth-order valence-corrected chi connectivity index (χ4v) is 3.33. The molecule has 1 aliphatic heterocycles. The van der Waals surface area contributed by atoms with Crippen LogP contribution in [0, 0.1) is 5.82 Å². The quantitative estimate of drug-likeness (QED) is 0.512. The minimum atomic E-state index is -0.662. The second-order valence-electron chi connectivity index (χ2n) is 7.19. The first-order valence-corrected chi connectivity index (χ1v) is 9.97. The van der Waals surface area contributed by atoms with Crippen molar-refractivity contribution in [2.24, 2.45) is 11.5 Å². The molecule has 0 aromatic carbocycles. The molecule has 0 radical (unpaired) electrons. The van der Waals surface area contributed by atoms with E-state index in [1.54, 1.807) is 6.07 Å². The van der Waals surface area contributed by atoms with Crippen LogP contribution in [0.25, 0.3) is 0 Å². The molecule has 0 aliphatic carbocycles. The van der Waals surface area contributed by atoms with Gasteiger partial charge in [-0.15, -0.1) is 0 Å². The summed E-state index contributed by atoms with van der Waals surface area (Å²) in [6.07, 6.45) is 3.59. The average Bonchev–Trinajstić information content (AvgIpc) is 2.74. The van der Waals surface area contributed by atoms with Crippen LogP contribution < -0.4 is 27.0 Å². The maximum absolute atomic E-state index is 15.7. The van der Waals surface area contributed by atoms with Crippen LogP contribution >= 0.6 is 0 Å². The molecule has 0 spiro atoms. The number of amides is 1. The Morgan fingerprint density at radius 1 is 1.37 bits per heavy atom. The van der Waals surface area contributed by atoms with Crippen molar-refractivity contribution in [1.29, 1.82) is 0 Å². The Morgan fingerprint density at radius 3 is 2.73 bits per heavy atom. The van der Waals surface area contributed by atoms with Gasteiger partial charge >= 0.3 is 0 Å². The van der Waals surface area contributed by atoms with E-state index in [0.717, 1.165) is 0 Å². The number of hydrogen-bond donors (Lipinski definition) is 4. The minimum Gasteiger partial charge on any atom is -0.378 e. The molecule has 9 nitrogen and oxygen atoms in total. The van der Waals surface area contributed by atoms with Gasteiger partial charge in [-0.1, -0.05) is 6.92 Å². The first kappa shape index (κ1) is 21.7. The van der Waals surface area contributed by atoms with E-state index in [0.29, 0.717) is 38.5 Å². The molecule has 3 heterocycles. The lowest BCUT2D eigenvalue weighted by Gasteiger charge is -2.32. The molecule has 3 rings (SSSR count). The van der Waals surface area contributed by atoms with Gasteiger partial charge in [0.05, 0.1) is 30.7 Å². The van der Waals surface area contributed by atoms with Crippen molar-refractivity contribution >= 4 is 28.9 Å². The number of nitrogens with zero attached hydrogens (tertiary/aromatic N) is 3. The molecule has 0 unspecified atom stereocenters. The highest BCUT2D eigenvalue weighted by Crippen LogP contribution is 2.34. The molecule has 0 bridgehead atoms. The van der Waals surface area contributed by atoms with Crippen molar-refractivity contribution in [3.63, 3.8) is 0 Å². The number of pyridine rings is 2. The Balaban J connectivity index is 2.01. The summed E-state index contributed by atoms with van der Waals surface area (Å²) in [5.74, 6) is -0.538. The van der Waals surface area contributed by atoms with Crippen LogP contribution in [0.15, 0.2) is 24.5 Å². The molecule has 2 aromatic rings. The monoisotopic (exact) mass is 417 g/mol. The normalized spacial score (nSPS) is 16.1. The zero-order valence-corrected chi connectivity index (χ0v) is 17.2. The van der Waals surface area contributed by atoms with Gasteiger partial charge in [0.25, 0.3) is 5.91 Å². The van der Waals surface area contributed by atoms with Crippen molar-refractivity contribution in [3.05, 3.63) is 35.9 Å². The maximum atomic E-state index is 15.7. The summed E-state index contributed by atoms with van der Waals surface area (Å²) in [7, 11) is 0. The van der Waals surface area contributed by atoms with E-state index in [4.69, 9.17) is 16.2 Å². The Bertz CT molecular complexity index is 887. The van der Waals surface area contributed by atoms with Gasteiger partial charge in [0.1, 0.15) is 11.5 Å². The van der Waals surface area contributed by atoms with Crippen LogP contribution in [0.4, 0.5) is 27.4 Å². The van der Waals surface area contributed by atoms with Gasteiger partial charge in [-0.2, -0.15) is 0 Å². The third kappa shape index (κ3) is 4.77. The number of primary amides is 1.